The highest BCUT2D eigenvalue weighted by Crippen LogP contribution is 2.35. The number of nitrogens with one attached hydrogen (secondary N) is 1. The zero-order valence-electron chi connectivity index (χ0n) is 11.3. The number of ether oxygens (including phenoxy) is 2. The molecule has 0 amide bonds. The fourth-order valence-corrected chi connectivity index (χ4v) is 3.07. The van der Waals surface area contributed by atoms with Crippen molar-refractivity contribution >= 4 is 0 Å². The lowest BCUT2D eigenvalue weighted by molar-refractivity contribution is 0.174. The molecule has 1 fully saturated rings. The van der Waals surface area contributed by atoms with Crippen LogP contribution in [-0.4, -0.2) is 24.5 Å². The van der Waals surface area contributed by atoms with Crippen molar-refractivity contribution in [1.82, 2.24) is 5.32 Å². The van der Waals surface area contributed by atoms with Gasteiger partial charge in [-0.2, -0.15) is 0 Å². The molecule has 4 heteroatoms. The highest BCUT2D eigenvalue weighted by atomic mass is 16.7. The second-order valence-corrected chi connectivity index (χ2v) is 5.48. The number of hydrogen-bond acceptors (Lipinski definition) is 4. The van der Waals surface area contributed by atoms with E-state index in [2.05, 4.69) is 18.3 Å². The summed E-state index contributed by atoms with van der Waals surface area (Å²) < 4.78 is 10.7. The normalized spacial score (nSPS) is 26.6. The van der Waals surface area contributed by atoms with E-state index in [9.17, 15) is 5.11 Å². The van der Waals surface area contributed by atoms with Gasteiger partial charge < -0.3 is 19.9 Å². The molecule has 2 aliphatic rings. The first-order valence-corrected chi connectivity index (χ1v) is 7.04. The predicted molar refractivity (Wildman–Crippen MR) is 72.3 cm³/mol. The summed E-state index contributed by atoms with van der Waals surface area (Å²) in [7, 11) is 0. The lowest BCUT2D eigenvalue weighted by atomic mass is 10.0. The Morgan fingerprint density at radius 1 is 1.32 bits per heavy atom. The Bertz CT molecular complexity index is 449. The SMILES string of the molecule is CC(NC1CCCC1CO)c1ccc2c(c1)OCO2. The maximum absolute atomic E-state index is 9.37. The highest BCUT2D eigenvalue weighted by Gasteiger charge is 2.28. The van der Waals surface area contributed by atoms with Gasteiger partial charge in [0.1, 0.15) is 0 Å². The monoisotopic (exact) mass is 263 g/mol. The van der Waals surface area contributed by atoms with Gasteiger partial charge in [0.15, 0.2) is 11.5 Å². The Labute approximate surface area is 113 Å². The van der Waals surface area contributed by atoms with Crippen LogP contribution < -0.4 is 14.8 Å². The smallest absolute Gasteiger partial charge is 0.231 e. The van der Waals surface area contributed by atoms with Crippen molar-refractivity contribution in [2.45, 2.75) is 38.3 Å². The molecular weight excluding hydrogens is 242 g/mol. The lowest BCUT2D eigenvalue weighted by Gasteiger charge is -2.24. The van der Waals surface area contributed by atoms with E-state index in [4.69, 9.17) is 9.47 Å². The molecule has 4 nitrogen and oxygen atoms in total. The molecule has 1 aromatic carbocycles. The molecule has 0 bridgehead atoms. The van der Waals surface area contributed by atoms with E-state index in [0.717, 1.165) is 24.3 Å². The van der Waals surface area contributed by atoms with Crippen LogP contribution in [0.4, 0.5) is 0 Å². The quantitative estimate of drug-likeness (QED) is 0.874. The topological polar surface area (TPSA) is 50.7 Å². The molecule has 0 saturated heterocycles. The third kappa shape index (κ3) is 2.55. The molecule has 19 heavy (non-hydrogen) atoms. The van der Waals surface area contributed by atoms with Crippen LogP contribution in [0, 0.1) is 5.92 Å². The van der Waals surface area contributed by atoms with E-state index < -0.39 is 0 Å². The lowest BCUT2D eigenvalue weighted by Crippen LogP contribution is -2.35. The summed E-state index contributed by atoms with van der Waals surface area (Å²) in [6.07, 6.45) is 3.49. The fourth-order valence-electron chi connectivity index (χ4n) is 3.07. The third-order valence-corrected chi connectivity index (χ3v) is 4.25. The van der Waals surface area contributed by atoms with Crippen molar-refractivity contribution in [2.24, 2.45) is 5.92 Å². The second kappa shape index (κ2) is 5.39. The molecule has 2 N–H and O–H groups in total. The summed E-state index contributed by atoms with van der Waals surface area (Å²) in [5, 5.41) is 13.0. The Morgan fingerprint density at radius 2 is 2.16 bits per heavy atom. The minimum atomic E-state index is 0.256. The van der Waals surface area contributed by atoms with E-state index in [0.29, 0.717) is 18.8 Å². The van der Waals surface area contributed by atoms with Crippen LogP contribution in [0.3, 0.4) is 0 Å². The van der Waals surface area contributed by atoms with Gasteiger partial charge in [-0.15, -0.1) is 0 Å². The number of hydrogen-bond donors (Lipinski definition) is 2. The van der Waals surface area contributed by atoms with Crippen LogP contribution in [0.1, 0.15) is 37.8 Å². The van der Waals surface area contributed by atoms with Gasteiger partial charge in [-0.05, 0) is 43.4 Å². The average molecular weight is 263 g/mol. The minimum Gasteiger partial charge on any atom is -0.454 e. The molecule has 104 valence electrons. The molecule has 1 aliphatic carbocycles. The Balaban J connectivity index is 1.68. The zero-order chi connectivity index (χ0) is 13.2. The van der Waals surface area contributed by atoms with Gasteiger partial charge in [0.2, 0.25) is 6.79 Å². The van der Waals surface area contributed by atoms with Crippen molar-refractivity contribution in [1.29, 1.82) is 0 Å². The Morgan fingerprint density at radius 3 is 3.00 bits per heavy atom. The molecule has 1 aliphatic heterocycles. The van der Waals surface area contributed by atoms with Crippen molar-refractivity contribution in [3.63, 3.8) is 0 Å². The molecule has 3 unspecified atom stereocenters. The first-order chi connectivity index (χ1) is 9.28. The summed E-state index contributed by atoms with van der Waals surface area (Å²) >= 11 is 0. The summed E-state index contributed by atoms with van der Waals surface area (Å²) in [4.78, 5) is 0. The van der Waals surface area contributed by atoms with Gasteiger partial charge in [-0.25, -0.2) is 0 Å². The molecule has 0 radical (unpaired) electrons. The van der Waals surface area contributed by atoms with E-state index in [1.165, 1.54) is 12.0 Å². The number of benzene rings is 1. The summed E-state index contributed by atoms with van der Waals surface area (Å²) in [6.45, 7) is 2.76. The standard InChI is InChI=1S/C15H21NO3/c1-10(16-13-4-2-3-12(13)8-17)11-5-6-14-15(7-11)19-9-18-14/h5-7,10,12-13,16-17H,2-4,8-9H2,1H3. The van der Waals surface area contributed by atoms with Crippen LogP contribution in [0.5, 0.6) is 11.5 Å². The van der Waals surface area contributed by atoms with Crippen LogP contribution in [-0.2, 0) is 0 Å². The molecule has 3 rings (SSSR count). The van der Waals surface area contributed by atoms with E-state index in [1.54, 1.807) is 0 Å². The van der Waals surface area contributed by atoms with Gasteiger partial charge in [0.05, 0.1) is 0 Å². The van der Waals surface area contributed by atoms with Gasteiger partial charge >= 0.3 is 0 Å². The first-order valence-electron chi connectivity index (χ1n) is 7.04. The van der Waals surface area contributed by atoms with Crippen LogP contribution in [0.2, 0.25) is 0 Å². The Kier molecular flexibility index (Phi) is 3.62. The van der Waals surface area contributed by atoms with E-state index in [1.807, 2.05) is 12.1 Å². The molecule has 1 saturated carbocycles. The second-order valence-electron chi connectivity index (χ2n) is 5.48. The fraction of sp³-hybridized carbons (Fsp3) is 0.600. The Hall–Kier alpha value is -1.26. The number of rotatable bonds is 4. The minimum absolute atomic E-state index is 0.256. The predicted octanol–water partition coefficient (Wildman–Crippen LogP) is 2.23. The van der Waals surface area contributed by atoms with Crippen LogP contribution in [0.25, 0.3) is 0 Å². The largest absolute Gasteiger partial charge is 0.454 e. The highest BCUT2D eigenvalue weighted by molar-refractivity contribution is 5.45. The van der Waals surface area contributed by atoms with Crippen molar-refractivity contribution < 1.29 is 14.6 Å². The van der Waals surface area contributed by atoms with E-state index >= 15 is 0 Å². The summed E-state index contributed by atoms with van der Waals surface area (Å²) in [5.41, 5.74) is 1.20. The van der Waals surface area contributed by atoms with Gasteiger partial charge in [0, 0.05) is 18.7 Å². The molecule has 0 aromatic heterocycles. The van der Waals surface area contributed by atoms with Gasteiger partial charge in [0.25, 0.3) is 0 Å². The van der Waals surface area contributed by atoms with E-state index in [-0.39, 0.29) is 12.6 Å². The molecule has 0 spiro atoms. The van der Waals surface area contributed by atoms with Gasteiger partial charge in [-0.1, -0.05) is 12.5 Å². The summed E-state index contributed by atoms with van der Waals surface area (Å²) in [6, 6.07) is 6.77. The van der Waals surface area contributed by atoms with Crippen LogP contribution >= 0.6 is 0 Å². The average Bonchev–Trinajstić information content (AvgIpc) is 3.05. The number of aliphatic hydroxyl groups excluding tert-OH is 1. The summed E-state index contributed by atoms with van der Waals surface area (Å²) in [5.74, 6) is 2.05. The van der Waals surface area contributed by atoms with Crippen molar-refractivity contribution in [2.75, 3.05) is 13.4 Å². The number of fused-ring (bicyclic) bond motifs is 1. The van der Waals surface area contributed by atoms with Crippen molar-refractivity contribution in [3.8, 4) is 11.5 Å². The van der Waals surface area contributed by atoms with Crippen molar-refractivity contribution in [3.05, 3.63) is 23.8 Å². The molecular formula is C15H21NO3. The van der Waals surface area contributed by atoms with Crippen LogP contribution in [0.15, 0.2) is 18.2 Å². The zero-order valence-corrected chi connectivity index (χ0v) is 11.3. The third-order valence-electron chi connectivity index (χ3n) is 4.25. The van der Waals surface area contributed by atoms with Gasteiger partial charge in [-0.3, -0.25) is 0 Å². The maximum Gasteiger partial charge on any atom is 0.231 e. The molecule has 1 heterocycles. The number of aliphatic hydroxyl groups is 1. The molecule has 3 atom stereocenters. The maximum atomic E-state index is 9.37. The first kappa shape index (κ1) is 12.8. The molecule has 1 aromatic rings.